The molecular weight excluding hydrogens is 422 g/mol. The lowest BCUT2D eigenvalue weighted by Gasteiger charge is -2.11. The van der Waals surface area contributed by atoms with Gasteiger partial charge in [0.05, 0.1) is 16.9 Å². The molecule has 3 aromatic rings. The van der Waals surface area contributed by atoms with Crippen LogP contribution in [0.3, 0.4) is 0 Å². The number of nitrogens with zero attached hydrogens (tertiary/aromatic N) is 1. The van der Waals surface area contributed by atoms with Crippen LogP contribution < -0.4 is 14.8 Å². The number of methoxy groups -OCH3 is 1. The topological polar surface area (TPSA) is 128 Å². The highest BCUT2D eigenvalue weighted by atomic mass is 32.2. The number of ether oxygens (including phenoxy) is 1. The van der Waals surface area contributed by atoms with Gasteiger partial charge in [0, 0.05) is 28.6 Å². The quantitative estimate of drug-likeness (QED) is 0.422. The summed E-state index contributed by atoms with van der Waals surface area (Å²) in [6, 6.07) is 16.1. The monoisotopic (exact) mass is 441 g/mol. The average Bonchev–Trinajstić information content (AvgIpc) is 2.74. The van der Waals surface area contributed by atoms with Gasteiger partial charge in [0.25, 0.3) is 21.6 Å². The predicted octanol–water partition coefficient (Wildman–Crippen LogP) is 3.96. The summed E-state index contributed by atoms with van der Waals surface area (Å²) in [4.78, 5) is 22.9. The number of aryl methyl sites for hydroxylation is 1. The molecule has 0 fully saturated rings. The molecule has 0 aliphatic carbocycles. The zero-order valence-electron chi connectivity index (χ0n) is 16.7. The van der Waals surface area contributed by atoms with Crippen molar-refractivity contribution < 1.29 is 22.9 Å². The summed E-state index contributed by atoms with van der Waals surface area (Å²) >= 11 is 0. The van der Waals surface area contributed by atoms with E-state index in [9.17, 15) is 23.3 Å². The molecule has 0 spiro atoms. The van der Waals surface area contributed by atoms with Gasteiger partial charge in [0.1, 0.15) is 5.75 Å². The zero-order chi connectivity index (χ0) is 22.6. The second-order valence-electron chi connectivity index (χ2n) is 6.57. The predicted molar refractivity (Wildman–Crippen MR) is 116 cm³/mol. The van der Waals surface area contributed by atoms with Gasteiger partial charge in [-0.25, -0.2) is 8.42 Å². The molecule has 0 aromatic heterocycles. The van der Waals surface area contributed by atoms with Crippen LogP contribution in [0.2, 0.25) is 0 Å². The Labute approximate surface area is 178 Å². The van der Waals surface area contributed by atoms with Crippen LogP contribution in [0.5, 0.6) is 5.75 Å². The summed E-state index contributed by atoms with van der Waals surface area (Å²) in [7, 11) is -2.38. The van der Waals surface area contributed by atoms with Crippen molar-refractivity contribution in [2.45, 2.75) is 11.8 Å². The molecule has 1 amide bonds. The Bertz CT molecular complexity index is 1240. The minimum atomic E-state index is -3.89. The SMILES string of the molecule is COc1ccc(NS(=O)(=O)c2cccc(NC(=O)c3ccc([N+](=O)[O-])c(C)c3)c2)cc1. The fraction of sp³-hybridized carbons (Fsp3) is 0.0952. The van der Waals surface area contributed by atoms with Crippen molar-refractivity contribution in [2.75, 3.05) is 17.1 Å². The van der Waals surface area contributed by atoms with Crippen LogP contribution in [0.25, 0.3) is 0 Å². The normalized spacial score (nSPS) is 10.9. The summed E-state index contributed by atoms with van der Waals surface area (Å²) in [5, 5.41) is 13.5. The minimum absolute atomic E-state index is 0.0407. The minimum Gasteiger partial charge on any atom is -0.497 e. The summed E-state index contributed by atoms with van der Waals surface area (Å²) in [5.41, 5.74) is 1.09. The molecule has 0 aliphatic rings. The number of nitro groups is 1. The van der Waals surface area contributed by atoms with Gasteiger partial charge in [-0.2, -0.15) is 0 Å². The van der Waals surface area contributed by atoms with Crippen molar-refractivity contribution in [1.82, 2.24) is 0 Å². The van der Waals surface area contributed by atoms with Crippen LogP contribution >= 0.6 is 0 Å². The number of benzene rings is 3. The van der Waals surface area contributed by atoms with Crippen LogP contribution in [0, 0.1) is 17.0 Å². The second-order valence-corrected chi connectivity index (χ2v) is 8.26. The van der Waals surface area contributed by atoms with Gasteiger partial charge < -0.3 is 10.1 Å². The number of nitrogens with one attached hydrogen (secondary N) is 2. The van der Waals surface area contributed by atoms with Crippen molar-refractivity contribution in [3.05, 3.63) is 88.0 Å². The molecule has 3 aromatic carbocycles. The maximum absolute atomic E-state index is 12.7. The molecule has 31 heavy (non-hydrogen) atoms. The highest BCUT2D eigenvalue weighted by Crippen LogP contribution is 2.23. The van der Waals surface area contributed by atoms with Crippen molar-refractivity contribution >= 4 is 33.0 Å². The number of carbonyl (C=O) groups excluding carboxylic acids is 1. The summed E-state index contributed by atoms with van der Waals surface area (Å²) in [6.07, 6.45) is 0. The molecule has 0 unspecified atom stereocenters. The maximum atomic E-state index is 12.7. The Kier molecular flexibility index (Phi) is 6.21. The van der Waals surface area contributed by atoms with Gasteiger partial charge in [-0.05, 0) is 61.5 Å². The Balaban J connectivity index is 1.78. The first kappa shape index (κ1) is 21.8. The van der Waals surface area contributed by atoms with E-state index in [0.29, 0.717) is 17.0 Å². The van der Waals surface area contributed by atoms with E-state index >= 15 is 0 Å². The molecule has 3 rings (SSSR count). The number of hydrogen-bond acceptors (Lipinski definition) is 6. The van der Waals surface area contributed by atoms with Gasteiger partial charge >= 0.3 is 0 Å². The summed E-state index contributed by atoms with van der Waals surface area (Å²) < 4.78 is 32.9. The number of nitro benzene ring substituents is 1. The standard InChI is InChI=1S/C21H19N3O6S/c1-14-12-15(6-11-20(14)24(26)27)21(25)22-17-4-3-5-19(13-17)31(28,29)23-16-7-9-18(30-2)10-8-16/h3-13,23H,1-2H3,(H,22,25). The van der Waals surface area contributed by atoms with E-state index in [1.54, 1.807) is 30.3 Å². The van der Waals surface area contributed by atoms with E-state index in [1.807, 2.05) is 0 Å². The van der Waals surface area contributed by atoms with Gasteiger partial charge in [-0.1, -0.05) is 6.07 Å². The number of anilines is 2. The molecular formula is C21H19N3O6S. The molecule has 0 saturated heterocycles. The van der Waals surface area contributed by atoms with E-state index in [1.165, 1.54) is 50.4 Å². The lowest BCUT2D eigenvalue weighted by atomic mass is 10.1. The Morgan fingerprint density at radius 2 is 1.71 bits per heavy atom. The molecule has 0 atom stereocenters. The van der Waals surface area contributed by atoms with E-state index in [2.05, 4.69) is 10.0 Å². The molecule has 10 heteroatoms. The third-order valence-corrected chi connectivity index (χ3v) is 5.78. The third kappa shape index (κ3) is 5.17. The van der Waals surface area contributed by atoms with Gasteiger partial charge in [0.15, 0.2) is 0 Å². The number of hydrogen-bond donors (Lipinski definition) is 2. The van der Waals surface area contributed by atoms with E-state index in [-0.39, 0.29) is 21.8 Å². The molecule has 9 nitrogen and oxygen atoms in total. The maximum Gasteiger partial charge on any atom is 0.272 e. The smallest absolute Gasteiger partial charge is 0.272 e. The Morgan fingerprint density at radius 1 is 1.00 bits per heavy atom. The van der Waals surface area contributed by atoms with Crippen molar-refractivity contribution in [2.24, 2.45) is 0 Å². The lowest BCUT2D eigenvalue weighted by Crippen LogP contribution is -2.15. The van der Waals surface area contributed by atoms with Crippen LogP contribution in [0.1, 0.15) is 15.9 Å². The summed E-state index contributed by atoms with van der Waals surface area (Å²) in [5.74, 6) is 0.0739. The molecule has 0 heterocycles. The highest BCUT2D eigenvalue weighted by molar-refractivity contribution is 7.92. The number of rotatable bonds is 7. The Hall–Kier alpha value is -3.92. The van der Waals surface area contributed by atoms with E-state index in [0.717, 1.165) is 0 Å². The van der Waals surface area contributed by atoms with Gasteiger partial charge in [-0.3, -0.25) is 19.6 Å². The van der Waals surface area contributed by atoms with Crippen LogP contribution in [-0.4, -0.2) is 26.4 Å². The molecule has 0 saturated carbocycles. The average molecular weight is 441 g/mol. The first-order valence-electron chi connectivity index (χ1n) is 9.03. The molecule has 0 aliphatic heterocycles. The first-order chi connectivity index (χ1) is 14.7. The highest BCUT2D eigenvalue weighted by Gasteiger charge is 2.17. The molecule has 0 bridgehead atoms. The number of sulfonamides is 1. The largest absolute Gasteiger partial charge is 0.497 e. The lowest BCUT2D eigenvalue weighted by molar-refractivity contribution is -0.385. The first-order valence-corrected chi connectivity index (χ1v) is 10.5. The number of carbonyl (C=O) groups is 1. The number of amides is 1. The second kappa shape index (κ2) is 8.84. The van der Waals surface area contributed by atoms with Crippen LogP contribution in [-0.2, 0) is 10.0 Å². The van der Waals surface area contributed by atoms with E-state index in [4.69, 9.17) is 4.74 Å². The molecule has 0 radical (unpaired) electrons. The van der Waals surface area contributed by atoms with Crippen LogP contribution in [0.15, 0.2) is 71.6 Å². The van der Waals surface area contributed by atoms with Gasteiger partial charge in [-0.15, -0.1) is 0 Å². The summed E-state index contributed by atoms with van der Waals surface area (Å²) in [6.45, 7) is 1.53. The zero-order valence-corrected chi connectivity index (χ0v) is 17.5. The third-order valence-electron chi connectivity index (χ3n) is 4.40. The van der Waals surface area contributed by atoms with Crippen molar-refractivity contribution in [3.8, 4) is 5.75 Å². The van der Waals surface area contributed by atoms with Crippen LogP contribution in [0.4, 0.5) is 17.1 Å². The van der Waals surface area contributed by atoms with Gasteiger partial charge in [0.2, 0.25) is 0 Å². The fourth-order valence-electron chi connectivity index (χ4n) is 2.82. The van der Waals surface area contributed by atoms with Crippen molar-refractivity contribution in [1.29, 1.82) is 0 Å². The fourth-order valence-corrected chi connectivity index (χ4v) is 3.92. The molecule has 2 N–H and O–H groups in total. The molecule has 160 valence electrons. The Morgan fingerprint density at radius 3 is 2.32 bits per heavy atom. The van der Waals surface area contributed by atoms with Crippen molar-refractivity contribution in [3.63, 3.8) is 0 Å². The van der Waals surface area contributed by atoms with E-state index < -0.39 is 20.9 Å².